The number of nitrogens with zero attached hydrogens (tertiary/aromatic N) is 3. The Morgan fingerprint density at radius 2 is 1.86 bits per heavy atom. The Morgan fingerprint density at radius 1 is 1.17 bits per heavy atom. The number of hydrogen-bond donors (Lipinski definition) is 0. The summed E-state index contributed by atoms with van der Waals surface area (Å²) < 4.78 is 7.94. The lowest BCUT2D eigenvalue weighted by Crippen LogP contribution is -2.55. The normalized spacial score (nSPS) is 18.3. The van der Waals surface area contributed by atoms with Crippen molar-refractivity contribution in [2.75, 3.05) is 13.6 Å². The number of amides is 2. The van der Waals surface area contributed by atoms with Crippen molar-refractivity contribution in [1.82, 2.24) is 14.4 Å². The number of benzene rings is 1. The molecule has 2 aliphatic heterocycles. The van der Waals surface area contributed by atoms with Gasteiger partial charge >= 0.3 is 0 Å². The lowest BCUT2D eigenvalue weighted by atomic mass is 10.0. The van der Waals surface area contributed by atoms with Crippen LogP contribution in [0.15, 0.2) is 39.6 Å². The van der Waals surface area contributed by atoms with Gasteiger partial charge in [-0.2, -0.15) is 0 Å². The van der Waals surface area contributed by atoms with Gasteiger partial charge in [0.25, 0.3) is 5.91 Å². The third kappa shape index (κ3) is 3.15. The number of pyridine rings is 1. The topological polar surface area (TPSA) is 71.9 Å². The van der Waals surface area contributed by atoms with Crippen molar-refractivity contribution in [3.63, 3.8) is 0 Å². The maximum Gasteiger partial charge on any atom is 0.274 e. The number of carbonyl (C=O) groups excluding carboxylic acids is 2. The zero-order valence-electron chi connectivity index (χ0n) is 16.5. The van der Waals surface area contributed by atoms with Crippen LogP contribution in [-0.4, -0.2) is 45.8 Å². The summed E-state index contributed by atoms with van der Waals surface area (Å²) in [5.41, 5.74) is 1.30. The van der Waals surface area contributed by atoms with E-state index in [1.54, 1.807) is 21.4 Å². The van der Waals surface area contributed by atoms with Gasteiger partial charge in [-0.05, 0) is 35.3 Å². The maximum absolute atomic E-state index is 13.3. The standard InChI is InChI=1S/C21H22BrN3O4/c1-12(2)24-10-15-20(27)23(3)9-14-16(22)18(26)19(17(21(24)28)25(14)15)29-11-13-7-5-4-6-8-13/h4-8,12,15H,9-11H2,1-3H3. The minimum Gasteiger partial charge on any atom is -0.483 e. The van der Waals surface area contributed by atoms with Gasteiger partial charge in [0.15, 0.2) is 11.4 Å². The van der Waals surface area contributed by atoms with Gasteiger partial charge in [-0.3, -0.25) is 14.4 Å². The Hall–Kier alpha value is -2.61. The van der Waals surface area contributed by atoms with Crippen LogP contribution < -0.4 is 10.2 Å². The van der Waals surface area contributed by atoms with E-state index >= 15 is 0 Å². The molecule has 0 fully saturated rings. The Kier molecular flexibility index (Phi) is 4.98. The molecule has 0 N–H and O–H groups in total. The maximum atomic E-state index is 13.3. The van der Waals surface area contributed by atoms with Crippen molar-refractivity contribution in [2.24, 2.45) is 0 Å². The molecule has 7 nitrogen and oxygen atoms in total. The molecule has 1 unspecified atom stereocenters. The lowest BCUT2D eigenvalue weighted by molar-refractivity contribution is -0.137. The molecular weight excluding hydrogens is 438 g/mol. The van der Waals surface area contributed by atoms with Crippen molar-refractivity contribution in [3.8, 4) is 5.75 Å². The first-order valence-electron chi connectivity index (χ1n) is 9.50. The van der Waals surface area contributed by atoms with Crippen molar-refractivity contribution < 1.29 is 14.3 Å². The fraction of sp³-hybridized carbons (Fsp3) is 0.381. The number of hydrogen-bond acceptors (Lipinski definition) is 4. The molecule has 0 spiro atoms. The first-order chi connectivity index (χ1) is 13.8. The molecule has 4 rings (SSSR count). The molecule has 2 amide bonds. The molecule has 1 aromatic heterocycles. The van der Waals surface area contributed by atoms with E-state index in [1.165, 1.54) is 0 Å². The molecule has 1 aromatic carbocycles. The highest BCUT2D eigenvalue weighted by molar-refractivity contribution is 9.10. The predicted molar refractivity (Wildman–Crippen MR) is 111 cm³/mol. The van der Waals surface area contributed by atoms with E-state index < -0.39 is 6.04 Å². The molecule has 1 atom stereocenters. The second-order valence-corrected chi connectivity index (χ2v) is 8.47. The second-order valence-electron chi connectivity index (χ2n) is 7.67. The number of rotatable bonds is 4. The quantitative estimate of drug-likeness (QED) is 0.704. The minimum absolute atomic E-state index is 0.0119. The molecular formula is C21H22BrN3O4. The van der Waals surface area contributed by atoms with E-state index in [2.05, 4.69) is 15.9 Å². The van der Waals surface area contributed by atoms with E-state index in [0.29, 0.717) is 10.2 Å². The third-order valence-electron chi connectivity index (χ3n) is 5.45. The first-order valence-corrected chi connectivity index (χ1v) is 10.3. The van der Waals surface area contributed by atoms with Crippen LogP contribution in [0.1, 0.15) is 41.6 Å². The van der Waals surface area contributed by atoms with Gasteiger partial charge in [-0.1, -0.05) is 30.3 Å². The van der Waals surface area contributed by atoms with E-state index in [1.807, 2.05) is 44.2 Å². The average Bonchev–Trinajstić information content (AvgIpc) is 2.70. The summed E-state index contributed by atoms with van der Waals surface area (Å²) in [4.78, 5) is 42.6. The Labute approximate surface area is 177 Å². The van der Waals surface area contributed by atoms with Crippen molar-refractivity contribution in [1.29, 1.82) is 0 Å². The number of carbonyl (C=O) groups is 2. The minimum atomic E-state index is -0.574. The fourth-order valence-corrected chi connectivity index (χ4v) is 4.42. The number of likely N-dealkylation sites (N-methyl/N-ethyl adjacent to an activating group) is 1. The second kappa shape index (κ2) is 7.33. The number of halogens is 1. The summed E-state index contributed by atoms with van der Waals surface area (Å²) in [6, 6.07) is 8.76. The molecule has 3 heterocycles. The monoisotopic (exact) mass is 459 g/mol. The van der Waals surface area contributed by atoms with E-state index in [9.17, 15) is 14.4 Å². The van der Waals surface area contributed by atoms with Crippen LogP contribution >= 0.6 is 15.9 Å². The summed E-state index contributed by atoms with van der Waals surface area (Å²) >= 11 is 3.39. The summed E-state index contributed by atoms with van der Waals surface area (Å²) in [6.45, 7) is 4.47. The highest BCUT2D eigenvalue weighted by Gasteiger charge is 2.44. The number of ether oxygens (including phenoxy) is 1. The van der Waals surface area contributed by atoms with Crippen molar-refractivity contribution >= 4 is 27.7 Å². The third-order valence-corrected chi connectivity index (χ3v) is 6.27. The van der Waals surface area contributed by atoms with Crippen LogP contribution in [0.4, 0.5) is 0 Å². The van der Waals surface area contributed by atoms with E-state index in [4.69, 9.17) is 4.74 Å². The zero-order valence-corrected chi connectivity index (χ0v) is 18.1. The molecule has 152 valence electrons. The van der Waals surface area contributed by atoms with Gasteiger partial charge in [-0.25, -0.2) is 0 Å². The van der Waals surface area contributed by atoms with E-state index in [0.717, 1.165) is 5.56 Å². The Balaban J connectivity index is 1.90. The highest BCUT2D eigenvalue weighted by atomic mass is 79.9. The van der Waals surface area contributed by atoms with Crippen LogP contribution in [-0.2, 0) is 17.9 Å². The van der Waals surface area contributed by atoms with Crippen molar-refractivity contribution in [2.45, 2.75) is 39.1 Å². The molecule has 2 aromatic rings. The van der Waals surface area contributed by atoms with Gasteiger partial charge in [0.2, 0.25) is 11.3 Å². The molecule has 2 aliphatic rings. The van der Waals surface area contributed by atoms with Gasteiger partial charge in [0.1, 0.15) is 12.6 Å². The summed E-state index contributed by atoms with van der Waals surface area (Å²) in [5.74, 6) is -0.383. The van der Waals surface area contributed by atoms with Gasteiger partial charge in [0.05, 0.1) is 23.3 Å². The smallest absolute Gasteiger partial charge is 0.274 e. The predicted octanol–water partition coefficient (Wildman–Crippen LogP) is 2.57. The summed E-state index contributed by atoms with van der Waals surface area (Å²) in [6.07, 6.45) is 0. The molecule has 0 aliphatic carbocycles. The Morgan fingerprint density at radius 3 is 2.52 bits per heavy atom. The molecule has 0 radical (unpaired) electrons. The van der Waals surface area contributed by atoms with Gasteiger partial charge < -0.3 is 19.1 Å². The highest BCUT2D eigenvalue weighted by Crippen LogP contribution is 2.36. The van der Waals surface area contributed by atoms with Crippen LogP contribution in [0.2, 0.25) is 0 Å². The largest absolute Gasteiger partial charge is 0.483 e. The van der Waals surface area contributed by atoms with Gasteiger partial charge in [0, 0.05) is 13.1 Å². The lowest BCUT2D eigenvalue weighted by Gasteiger charge is -2.43. The summed E-state index contributed by atoms with van der Waals surface area (Å²) in [5, 5.41) is 0. The van der Waals surface area contributed by atoms with Crippen LogP contribution in [0.3, 0.4) is 0 Å². The van der Waals surface area contributed by atoms with Crippen LogP contribution in [0, 0.1) is 0 Å². The van der Waals surface area contributed by atoms with Crippen molar-refractivity contribution in [3.05, 3.63) is 62.0 Å². The summed E-state index contributed by atoms with van der Waals surface area (Å²) in [7, 11) is 1.71. The number of aromatic nitrogens is 1. The molecule has 29 heavy (non-hydrogen) atoms. The fourth-order valence-electron chi connectivity index (χ4n) is 3.92. The molecule has 0 bridgehead atoms. The molecule has 8 heteroatoms. The molecule has 0 saturated carbocycles. The van der Waals surface area contributed by atoms with E-state index in [-0.39, 0.29) is 54.4 Å². The van der Waals surface area contributed by atoms with Crippen LogP contribution in [0.5, 0.6) is 5.75 Å². The Bertz CT molecular complexity index is 1050. The SMILES string of the molecule is CC(C)N1CC2C(=O)N(C)Cc3c(Br)c(=O)c(OCc4ccccc4)c(n32)C1=O. The zero-order chi connectivity index (χ0) is 20.9. The first kappa shape index (κ1) is 19.7. The van der Waals surface area contributed by atoms with Gasteiger partial charge in [-0.15, -0.1) is 0 Å². The average molecular weight is 460 g/mol. The molecule has 0 saturated heterocycles. The van der Waals surface area contributed by atoms with Crippen LogP contribution in [0.25, 0.3) is 0 Å².